The second kappa shape index (κ2) is 5.08. The zero-order chi connectivity index (χ0) is 14.2. The van der Waals surface area contributed by atoms with E-state index in [2.05, 4.69) is 18.2 Å². The fourth-order valence-electron chi connectivity index (χ4n) is 3.23. The van der Waals surface area contributed by atoms with Gasteiger partial charge in [0, 0.05) is 0 Å². The SMILES string of the molecule is NC(c1ccc2c(c1)CCC2)C1COc2ccccc2O1. The maximum atomic E-state index is 6.42. The minimum atomic E-state index is -0.163. The van der Waals surface area contributed by atoms with Crippen LogP contribution in [0.5, 0.6) is 11.5 Å². The lowest BCUT2D eigenvalue weighted by Gasteiger charge is -2.30. The van der Waals surface area contributed by atoms with E-state index in [0.29, 0.717) is 6.61 Å². The summed E-state index contributed by atoms with van der Waals surface area (Å²) >= 11 is 0. The number of hydrogen-bond acceptors (Lipinski definition) is 3. The van der Waals surface area contributed by atoms with E-state index in [1.54, 1.807) is 0 Å². The van der Waals surface area contributed by atoms with Crippen LogP contribution in [-0.4, -0.2) is 12.7 Å². The first-order valence-electron chi connectivity index (χ1n) is 7.57. The zero-order valence-corrected chi connectivity index (χ0v) is 11.9. The average molecular weight is 281 g/mol. The van der Waals surface area contributed by atoms with Crippen molar-refractivity contribution in [3.63, 3.8) is 0 Å². The molecule has 0 spiro atoms. The third-order valence-corrected chi connectivity index (χ3v) is 4.44. The summed E-state index contributed by atoms with van der Waals surface area (Å²) in [6.07, 6.45) is 3.48. The molecule has 2 aromatic rings. The summed E-state index contributed by atoms with van der Waals surface area (Å²) in [5.74, 6) is 1.58. The van der Waals surface area contributed by atoms with Crippen molar-refractivity contribution >= 4 is 0 Å². The highest BCUT2D eigenvalue weighted by Gasteiger charge is 2.28. The molecule has 0 bridgehead atoms. The lowest BCUT2D eigenvalue weighted by Crippen LogP contribution is -2.39. The van der Waals surface area contributed by atoms with Crippen molar-refractivity contribution < 1.29 is 9.47 Å². The van der Waals surface area contributed by atoms with Crippen LogP contribution in [0.1, 0.15) is 29.2 Å². The van der Waals surface area contributed by atoms with Crippen molar-refractivity contribution in [2.24, 2.45) is 5.73 Å². The second-order valence-electron chi connectivity index (χ2n) is 5.82. The van der Waals surface area contributed by atoms with Crippen LogP contribution in [0, 0.1) is 0 Å². The molecule has 0 fully saturated rings. The Morgan fingerprint density at radius 3 is 2.71 bits per heavy atom. The van der Waals surface area contributed by atoms with Gasteiger partial charge < -0.3 is 15.2 Å². The largest absolute Gasteiger partial charge is 0.486 e. The first-order valence-corrected chi connectivity index (χ1v) is 7.57. The van der Waals surface area contributed by atoms with Crippen molar-refractivity contribution in [2.75, 3.05) is 6.61 Å². The highest BCUT2D eigenvalue weighted by atomic mass is 16.6. The van der Waals surface area contributed by atoms with Crippen molar-refractivity contribution in [1.29, 1.82) is 0 Å². The van der Waals surface area contributed by atoms with Crippen molar-refractivity contribution in [1.82, 2.24) is 0 Å². The number of fused-ring (bicyclic) bond motifs is 2. The normalized spacial score (nSPS) is 20.9. The van der Waals surface area contributed by atoms with E-state index in [1.165, 1.54) is 30.4 Å². The van der Waals surface area contributed by atoms with Crippen LogP contribution < -0.4 is 15.2 Å². The van der Waals surface area contributed by atoms with Gasteiger partial charge in [-0.3, -0.25) is 0 Å². The first-order chi connectivity index (χ1) is 10.3. The van der Waals surface area contributed by atoms with Gasteiger partial charge in [-0.2, -0.15) is 0 Å². The van der Waals surface area contributed by atoms with Gasteiger partial charge in [0.1, 0.15) is 6.61 Å². The maximum absolute atomic E-state index is 6.42. The van der Waals surface area contributed by atoms with Gasteiger partial charge >= 0.3 is 0 Å². The molecular formula is C18H19NO2. The molecule has 21 heavy (non-hydrogen) atoms. The molecule has 2 atom stereocenters. The van der Waals surface area contributed by atoms with E-state index < -0.39 is 0 Å². The summed E-state index contributed by atoms with van der Waals surface area (Å²) in [5, 5.41) is 0. The Bertz CT molecular complexity index is 668. The molecule has 2 unspecified atom stereocenters. The summed E-state index contributed by atoms with van der Waals surface area (Å²) < 4.78 is 11.8. The molecule has 2 aliphatic rings. The second-order valence-corrected chi connectivity index (χ2v) is 5.82. The Hall–Kier alpha value is -2.00. The smallest absolute Gasteiger partial charge is 0.161 e. The number of aryl methyl sites for hydroxylation is 2. The van der Waals surface area contributed by atoms with Crippen LogP contribution in [-0.2, 0) is 12.8 Å². The fourth-order valence-corrected chi connectivity index (χ4v) is 3.23. The van der Waals surface area contributed by atoms with Crippen LogP contribution in [0.15, 0.2) is 42.5 Å². The number of nitrogens with two attached hydrogens (primary N) is 1. The molecule has 2 aromatic carbocycles. The van der Waals surface area contributed by atoms with Gasteiger partial charge in [0.15, 0.2) is 17.6 Å². The predicted octanol–water partition coefficient (Wildman–Crippen LogP) is 3.02. The van der Waals surface area contributed by atoms with Crippen molar-refractivity contribution in [3.05, 3.63) is 59.2 Å². The molecule has 0 radical (unpaired) electrons. The van der Waals surface area contributed by atoms with Gasteiger partial charge in [-0.1, -0.05) is 30.3 Å². The van der Waals surface area contributed by atoms with Crippen LogP contribution in [0.2, 0.25) is 0 Å². The molecule has 0 aromatic heterocycles. The summed E-state index contributed by atoms with van der Waals surface area (Å²) in [5.41, 5.74) is 10.5. The van der Waals surface area contributed by atoms with E-state index in [-0.39, 0.29) is 12.1 Å². The number of rotatable bonds is 2. The van der Waals surface area contributed by atoms with E-state index >= 15 is 0 Å². The molecule has 1 aliphatic heterocycles. The number of ether oxygens (including phenoxy) is 2. The van der Waals surface area contributed by atoms with Gasteiger partial charge in [-0.25, -0.2) is 0 Å². The topological polar surface area (TPSA) is 44.5 Å². The monoisotopic (exact) mass is 281 g/mol. The first kappa shape index (κ1) is 12.7. The Balaban J connectivity index is 1.57. The van der Waals surface area contributed by atoms with E-state index in [4.69, 9.17) is 15.2 Å². The zero-order valence-electron chi connectivity index (χ0n) is 11.9. The number of benzene rings is 2. The lowest BCUT2D eigenvalue weighted by atomic mass is 9.98. The van der Waals surface area contributed by atoms with Gasteiger partial charge in [-0.15, -0.1) is 0 Å². The maximum Gasteiger partial charge on any atom is 0.161 e. The van der Waals surface area contributed by atoms with Crippen LogP contribution in [0.3, 0.4) is 0 Å². The quantitative estimate of drug-likeness (QED) is 0.920. The van der Waals surface area contributed by atoms with Crippen LogP contribution >= 0.6 is 0 Å². The molecule has 2 N–H and O–H groups in total. The molecule has 108 valence electrons. The third kappa shape index (κ3) is 2.28. The van der Waals surface area contributed by atoms with Gasteiger partial charge in [0.2, 0.25) is 0 Å². The Morgan fingerprint density at radius 2 is 1.81 bits per heavy atom. The summed E-state index contributed by atoms with van der Waals surface area (Å²) in [6, 6.07) is 14.2. The molecule has 1 aliphatic carbocycles. The molecule has 0 saturated heterocycles. The third-order valence-electron chi connectivity index (χ3n) is 4.44. The van der Waals surface area contributed by atoms with E-state index in [9.17, 15) is 0 Å². The molecule has 3 nitrogen and oxygen atoms in total. The van der Waals surface area contributed by atoms with Gasteiger partial charge in [0.25, 0.3) is 0 Å². The Morgan fingerprint density at radius 1 is 1.00 bits per heavy atom. The van der Waals surface area contributed by atoms with Crippen LogP contribution in [0.25, 0.3) is 0 Å². The van der Waals surface area contributed by atoms with Crippen molar-refractivity contribution in [3.8, 4) is 11.5 Å². The van der Waals surface area contributed by atoms with E-state index in [0.717, 1.165) is 17.1 Å². The number of para-hydroxylation sites is 2. The number of hydrogen-bond donors (Lipinski definition) is 1. The highest BCUT2D eigenvalue weighted by molar-refractivity contribution is 5.42. The fraction of sp³-hybridized carbons (Fsp3) is 0.333. The minimum Gasteiger partial charge on any atom is -0.486 e. The molecular weight excluding hydrogens is 262 g/mol. The van der Waals surface area contributed by atoms with Crippen LogP contribution in [0.4, 0.5) is 0 Å². The molecule has 1 heterocycles. The average Bonchev–Trinajstić information content (AvgIpc) is 3.01. The predicted molar refractivity (Wildman–Crippen MR) is 81.7 cm³/mol. The highest BCUT2D eigenvalue weighted by Crippen LogP contribution is 2.34. The summed E-state index contributed by atoms with van der Waals surface area (Å²) in [6.45, 7) is 0.495. The molecule has 4 rings (SSSR count). The lowest BCUT2D eigenvalue weighted by molar-refractivity contribution is 0.0721. The Labute approximate surface area is 124 Å². The van der Waals surface area contributed by atoms with E-state index in [1.807, 2.05) is 24.3 Å². The molecule has 0 amide bonds. The standard InChI is InChI=1S/C18H19NO2/c19-18(14-9-8-12-4-3-5-13(12)10-14)17-11-20-15-6-1-2-7-16(15)21-17/h1-2,6-10,17-18H,3-5,11,19H2. The summed E-state index contributed by atoms with van der Waals surface area (Å²) in [4.78, 5) is 0. The van der Waals surface area contributed by atoms with Gasteiger partial charge in [0.05, 0.1) is 6.04 Å². The summed E-state index contributed by atoms with van der Waals surface area (Å²) in [7, 11) is 0. The molecule has 0 saturated carbocycles. The Kier molecular flexibility index (Phi) is 3.08. The minimum absolute atomic E-state index is 0.139. The van der Waals surface area contributed by atoms with Gasteiger partial charge in [-0.05, 0) is 48.1 Å². The molecule has 3 heteroatoms. The van der Waals surface area contributed by atoms with Crippen molar-refractivity contribution in [2.45, 2.75) is 31.4 Å².